The second-order valence-corrected chi connectivity index (χ2v) is 5.86. The normalized spacial score (nSPS) is 19.7. The number of hydrogen-bond acceptors (Lipinski definition) is 3. The fourth-order valence-corrected chi connectivity index (χ4v) is 3.01. The molecule has 1 aromatic carbocycles. The van der Waals surface area contributed by atoms with Crippen LogP contribution in [0.5, 0.6) is 5.75 Å². The Morgan fingerprint density at radius 1 is 1.29 bits per heavy atom. The van der Waals surface area contributed by atoms with Crippen molar-refractivity contribution in [2.75, 3.05) is 26.2 Å². The van der Waals surface area contributed by atoms with Crippen molar-refractivity contribution in [2.45, 2.75) is 39.0 Å². The van der Waals surface area contributed by atoms with Gasteiger partial charge in [0, 0.05) is 6.54 Å². The van der Waals surface area contributed by atoms with E-state index < -0.39 is 0 Å². The number of hydrogen-bond donors (Lipinski definition) is 0. The van der Waals surface area contributed by atoms with Gasteiger partial charge in [0.25, 0.3) is 0 Å². The summed E-state index contributed by atoms with van der Waals surface area (Å²) in [7, 11) is 0. The van der Waals surface area contributed by atoms with Crippen LogP contribution in [0.2, 0.25) is 0 Å². The summed E-state index contributed by atoms with van der Waals surface area (Å²) in [6.07, 6.45) is 6.41. The van der Waals surface area contributed by atoms with Gasteiger partial charge in [0.05, 0.1) is 12.2 Å². The van der Waals surface area contributed by atoms with Crippen LogP contribution in [0.15, 0.2) is 24.3 Å². The molecule has 0 N–H and O–H groups in total. The van der Waals surface area contributed by atoms with E-state index in [4.69, 9.17) is 10.00 Å². The molecular formula is C18H26N2O. The Morgan fingerprint density at radius 3 is 2.95 bits per heavy atom. The molecule has 114 valence electrons. The van der Waals surface area contributed by atoms with Gasteiger partial charge in [-0.3, -0.25) is 0 Å². The third-order valence-corrected chi connectivity index (χ3v) is 4.40. The van der Waals surface area contributed by atoms with Crippen molar-refractivity contribution < 1.29 is 4.74 Å². The lowest BCUT2D eigenvalue weighted by Crippen LogP contribution is -2.27. The average molecular weight is 286 g/mol. The first kappa shape index (κ1) is 15.9. The highest BCUT2D eigenvalue weighted by Crippen LogP contribution is 2.20. The number of para-hydroxylation sites is 1. The molecule has 1 aromatic rings. The van der Waals surface area contributed by atoms with E-state index in [2.05, 4.69) is 17.9 Å². The zero-order valence-electron chi connectivity index (χ0n) is 13.1. The van der Waals surface area contributed by atoms with Crippen LogP contribution >= 0.6 is 0 Å². The summed E-state index contributed by atoms with van der Waals surface area (Å²) in [6.45, 7) is 6.55. The van der Waals surface area contributed by atoms with Crippen LogP contribution in [0.25, 0.3) is 0 Å². The molecule has 0 aliphatic carbocycles. The maximum absolute atomic E-state index is 9.02. The van der Waals surface area contributed by atoms with Gasteiger partial charge in [-0.1, -0.05) is 25.5 Å². The molecule has 1 fully saturated rings. The van der Waals surface area contributed by atoms with Gasteiger partial charge < -0.3 is 9.64 Å². The number of nitrogens with zero attached hydrogens (tertiary/aromatic N) is 2. The van der Waals surface area contributed by atoms with Gasteiger partial charge in [-0.25, -0.2) is 0 Å². The summed E-state index contributed by atoms with van der Waals surface area (Å²) in [5, 5.41) is 9.02. The summed E-state index contributed by atoms with van der Waals surface area (Å²) in [6, 6.07) is 9.62. The van der Waals surface area contributed by atoms with E-state index in [1.54, 1.807) is 6.07 Å². The molecule has 1 heterocycles. The Kier molecular flexibility index (Phi) is 6.56. The van der Waals surface area contributed by atoms with Gasteiger partial charge in [-0.15, -0.1) is 0 Å². The number of benzene rings is 1. The van der Waals surface area contributed by atoms with E-state index in [1.807, 2.05) is 18.2 Å². The molecule has 0 saturated carbocycles. The third kappa shape index (κ3) is 5.06. The van der Waals surface area contributed by atoms with Gasteiger partial charge in [0.2, 0.25) is 0 Å². The number of likely N-dealkylation sites (tertiary alicyclic amines) is 1. The van der Waals surface area contributed by atoms with Crippen LogP contribution < -0.4 is 4.74 Å². The van der Waals surface area contributed by atoms with Gasteiger partial charge in [0.1, 0.15) is 11.8 Å². The first-order valence-corrected chi connectivity index (χ1v) is 8.17. The van der Waals surface area contributed by atoms with Crippen LogP contribution in [0.3, 0.4) is 0 Å². The molecule has 1 atom stereocenters. The minimum Gasteiger partial charge on any atom is -0.492 e. The molecule has 1 aliphatic rings. The zero-order chi connectivity index (χ0) is 14.9. The molecule has 2 rings (SSSR count). The quantitative estimate of drug-likeness (QED) is 0.745. The van der Waals surface area contributed by atoms with Gasteiger partial charge in [-0.2, -0.15) is 5.26 Å². The molecule has 1 unspecified atom stereocenters. The third-order valence-electron chi connectivity index (χ3n) is 4.40. The van der Waals surface area contributed by atoms with Crippen molar-refractivity contribution in [1.29, 1.82) is 5.26 Å². The van der Waals surface area contributed by atoms with Crippen LogP contribution in [-0.4, -0.2) is 31.1 Å². The highest BCUT2D eigenvalue weighted by molar-refractivity contribution is 5.42. The maximum atomic E-state index is 9.02. The van der Waals surface area contributed by atoms with E-state index in [-0.39, 0.29) is 0 Å². The summed E-state index contributed by atoms with van der Waals surface area (Å²) in [5.41, 5.74) is 0.623. The predicted molar refractivity (Wildman–Crippen MR) is 85.3 cm³/mol. The van der Waals surface area contributed by atoms with Gasteiger partial charge >= 0.3 is 0 Å². The zero-order valence-corrected chi connectivity index (χ0v) is 13.1. The highest BCUT2D eigenvalue weighted by atomic mass is 16.5. The SMILES string of the molecule is CCC1CCCN(CCCOc2ccccc2C#N)CC1. The maximum Gasteiger partial charge on any atom is 0.137 e. The van der Waals surface area contributed by atoms with E-state index in [0.717, 1.165) is 18.9 Å². The standard InChI is InChI=1S/C18H26N2O/c1-2-16-7-5-11-20(13-10-16)12-6-14-21-18-9-4-3-8-17(18)15-19/h3-4,8-9,16H,2,5-7,10-14H2,1H3. The van der Waals surface area contributed by atoms with Crippen molar-refractivity contribution in [2.24, 2.45) is 5.92 Å². The molecule has 0 bridgehead atoms. The number of nitriles is 1. The molecule has 0 spiro atoms. The molecule has 0 amide bonds. The van der Waals surface area contributed by atoms with Gasteiger partial charge in [-0.05, 0) is 56.8 Å². The average Bonchev–Trinajstić information content (AvgIpc) is 2.77. The minimum absolute atomic E-state index is 0.623. The van der Waals surface area contributed by atoms with E-state index in [1.165, 1.54) is 38.8 Å². The van der Waals surface area contributed by atoms with Crippen molar-refractivity contribution in [3.05, 3.63) is 29.8 Å². The smallest absolute Gasteiger partial charge is 0.137 e. The molecule has 3 heteroatoms. The molecular weight excluding hydrogens is 260 g/mol. The van der Waals surface area contributed by atoms with E-state index in [0.29, 0.717) is 17.9 Å². The summed E-state index contributed by atoms with van der Waals surface area (Å²) >= 11 is 0. The van der Waals surface area contributed by atoms with Crippen molar-refractivity contribution >= 4 is 0 Å². The molecule has 21 heavy (non-hydrogen) atoms. The first-order chi connectivity index (χ1) is 10.3. The summed E-state index contributed by atoms with van der Waals surface area (Å²) in [4.78, 5) is 2.56. The molecule has 0 radical (unpaired) electrons. The Labute approximate surface area is 128 Å². The van der Waals surface area contributed by atoms with Crippen LogP contribution in [0.4, 0.5) is 0 Å². The minimum atomic E-state index is 0.623. The first-order valence-electron chi connectivity index (χ1n) is 8.17. The lowest BCUT2D eigenvalue weighted by molar-refractivity contribution is 0.237. The van der Waals surface area contributed by atoms with Crippen LogP contribution in [-0.2, 0) is 0 Å². The Hall–Kier alpha value is -1.53. The second-order valence-electron chi connectivity index (χ2n) is 5.86. The van der Waals surface area contributed by atoms with Crippen LogP contribution in [0, 0.1) is 17.2 Å². The predicted octanol–water partition coefficient (Wildman–Crippen LogP) is 3.84. The Balaban J connectivity index is 1.69. The fraction of sp³-hybridized carbons (Fsp3) is 0.611. The lowest BCUT2D eigenvalue weighted by atomic mass is 9.98. The number of ether oxygens (including phenoxy) is 1. The second kappa shape index (κ2) is 8.69. The van der Waals surface area contributed by atoms with E-state index in [9.17, 15) is 0 Å². The summed E-state index contributed by atoms with van der Waals surface area (Å²) < 4.78 is 5.74. The number of rotatable bonds is 6. The molecule has 0 aromatic heterocycles. The Morgan fingerprint density at radius 2 is 2.14 bits per heavy atom. The van der Waals surface area contributed by atoms with E-state index >= 15 is 0 Å². The monoisotopic (exact) mass is 286 g/mol. The molecule has 1 saturated heterocycles. The molecule has 3 nitrogen and oxygen atoms in total. The topological polar surface area (TPSA) is 36.3 Å². The summed E-state index contributed by atoms with van der Waals surface area (Å²) in [5.74, 6) is 1.63. The molecule has 1 aliphatic heterocycles. The fourth-order valence-electron chi connectivity index (χ4n) is 3.01. The highest BCUT2D eigenvalue weighted by Gasteiger charge is 2.15. The Bertz CT molecular complexity index is 467. The van der Waals surface area contributed by atoms with Crippen molar-refractivity contribution in [1.82, 2.24) is 4.90 Å². The lowest BCUT2D eigenvalue weighted by Gasteiger charge is -2.20. The van der Waals surface area contributed by atoms with Gasteiger partial charge in [0.15, 0.2) is 0 Å². The largest absolute Gasteiger partial charge is 0.492 e. The van der Waals surface area contributed by atoms with Crippen LogP contribution in [0.1, 0.15) is 44.6 Å². The van der Waals surface area contributed by atoms with Crippen molar-refractivity contribution in [3.8, 4) is 11.8 Å². The van der Waals surface area contributed by atoms with Crippen molar-refractivity contribution in [3.63, 3.8) is 0 Å².